The Kier molecular flexibility index (Phi) is 4.16. The van der Waals surface area contributed by atoms with Gasteiger partial charge in [0.25, 0.3) is 0 Å². The molecule has 1 aliphatic rings. The number of hydrogen-bond acceptors (Lipinski definition) is 2. The first-order valence-electron chi connectivity index (χ1n) is 4.89. The Morgan fingerprint density at radius 3 is 3.00 bits per heavy atom. The van der Waals surface area contributed by atoms with Gasteiger partial charge in [-0.3, -0.25) is 9.59 Å². The van der Waals surface area contributed by atoms with Gasteiger partial charge in [-0.15, -0.1) is 0 Å². The number of nitrogens with one attached hydrogen (secondary N) is 1. The molecule has 14 heavy (non-hydrogen) atoms. The molecule has 4 heteroatoms. The zero-order chi connectivity index (χ0) is 10.4. The van der Waals surface area contributed by atoms with E-state index in [-0.39, 0.29) is 18.4 Å². The molecule has 4 nitrogen and oxygen atoms in total. The van der Waals surface area contributed by atoms with E-state index in [2.05, 4.69) is 5.32 Å². The van der Waals surface area contributed by atoms with Crippen molar-refractivity contribution in [2.45, 2.75) is 19.8 Å². The van der Waals surface area contributed by atoms with Gasteiger partial charge >= 0.3 is 0 Å². The van der Waals surface area contributed by atoms with Gasteiger partial charge in [0.1, 0.15) is 0 Å². The molecule has 0 aromatic rings. The molecule has 1 N–H and O–H groups in total. The monoisotopic (exact) mass is 196 g/mol. The number of allylic oxidation sites excluding steroid dienone is 1. The Morgan fingerprint density at radius 1 is 1.50 bits per heavy atom. The van der Waals surface area contributed by atoms with Gasteiger partial charge in [-0.2, -0.15) is 0 Å². The van der Waals surface area contributed by atoms with Gasteiger partial charge < -0.3 is 10.2 Å². The minimum atomic E-state index is -0.0353. The van der Waals surface area contributed by atoms with Crippen LogP contribution in [0.15, 0.2) is 12.2 Å². The van der Waals surface area contributed by atoms with Crippen LogP contribution in [0, 0.1) is 0 Å². The fraction of sp³-hybridized carbons (Fsp3) is 0.600. The lowest BCUT2D eigenvalue weighted by atomic mass is 10.3. The van der Waals surface area contributed by atoms with Crippen molar-refractivity contribution < 1.29 is 9.59 Å². The second-order valence-corrected chi connectivity index (χ2v) is 3.27. The van der Waals surface area contributed by atoms with Crippen LogP contribution in [0.3, 0.4) is 0 Å². The molecule has 2 amide bonds. The first-order chi connectivity index (χ1) is 6.74. The largest absolute Gasteiger partial charge is 0.347 e. The minimum absolute atomic E-state index is 0.0142. The maximum atomic E-state index is 11.4. The SMILES string of the molecule is C/C=C/CCN1CCC(=O)NCC1=O. The fourth-order valence-corrected chi connectivity index (χ4v) is 1.37. The summed E-state index contributed by atoms with van der Waals surface area (Å²) in [5.74, 6) is -0.0211. The van der Waals surface area contributed by atoms with Gasteiger partial charge in [0, 0.05) is 19.5 Å². The molecule has 0 saturated carbocycles. The zero-order valence-corrected chi connectivity index (χ0v) is 8.45. The Morgan fingerprint density at radius 2 is 2.29 bits per heavy atom. The highest BCUT2D eigenvalue weighted by atomic mass is 16.2. The summed E-state index contributed by atoms with van der Waals surface area (Å²) in [6.45, 7) is 3.35. The van der Waals surface area contributed by atoms with Crippen LogP contribution in [-0.4, -0.2) is 36.3 Å². The molecule has 1 aliphatic heterocycles. The summed E-state index contributed by atoms with van der Waals surface area (Å²) >= 11 is 0. The number of carbonyl (C=O) groups is 2. The normalized spacial score (nSPS) is 18.5. The second-order valence-electron chi connectivity index (χ2n) is 3.27. The molecule has 1 fully saturated rings. The standard InChI is InChI=1S/C10H16N2O2/c1-2-3-4-6-12-7-5-9(13)11-8-10(12)14/h2-3H,4-8H2,1H3,(H,11,13)/b3-2+. The quantitative estimate of drug-likeness (QED) is 0.660. The van der Waals surface area contributed by atoms with Crippen LogP contribution in [-0.2, 0) is 9.59 Å². The highest BCUT2D eigenvalue weighted by Crippen LogP contribution is 1.99. The number of nitrogens with zero attached hydrogens (tertiary/aromatic N) is 1. The maximum absolute atomic E-state index is 11.4. The summed E-state index contributed by atoms with van der Waals surface area (Å²) in [6.07, 6.45) is 5.26. The Hall–Kier alpha value is -1.32. The van der Waals surface area contributed by atoms with Crippen molar-refractivity contribution in [3.05, 3.63) is 12.2 Å². The number of amides is 2. The van der Waals surface area contributed by atoms with Crippen molar-refractivity contribution in [1.29, 1.82) is 0 Å². The average Bonchev–Trinajstić information content (AvgIpc) is 2.33. The lowest BCUT2D eigenvalue weighted by molar-refractivity contribution is -0.130. The first-order valence-corrected chi connectivity index (χ1v) is 4.89. The van der Waals surface area contributed by atoms with Crippen molar-refractivity contribution in [2.24, 2.45) is 0 Å². The van der Waals surface area contributed by atoms with Crippen LogP contribution >= 0.6 is 0 Å². The molecule has 1 rings (SSSR count). The van der Waals surface area contributed by atoms with Crippen LogP contribution in [0.25, 0.3) is 0 Å². The summed E-state index contributed by atoms with van der Waals surface area (Å²) in [6, 6.07) is 0. The van der Waals surface area contributed by atoms with Crippen molar-refractivity contribution in [2.75, 3.05) is 19.6 Å². The molecule has 0 aliphatic carbocycles. The van der Waals surface area contributed by atoms with Crippen molar-refractivity contribution in [3.8, 4) is 0 Å². The van der Waals surface area contributed by atoms with E-state index < -0.39 is 0 Å². The van der Waals surface area contributed by atoms with Gasteiger partial charge in [0.15, 0.2) is 0 Å². The molecule has 0 bridgehead atoms. The number of carbonyl (C=O) groups excluding carboxylic acids is 2. The summed E-state index contributed by atoms with van der Waals surface area (Å²) in [4.78, 5) is 24.2. The Balaban J connectivity index is 2.41. The van der Waals surface area contributed by atoms with Crippen LogP contribution in [0.1, 0.15) is 19.8 Å². The molecule has 0 radical (unpaired) electrons. The van der Waals surface area contributed by atoms with Crippen molar-refractivity contribution in [1.82, 2.24) is 10.2 Å². The van der Waals surface area contributed by atoms with Gasteiger partial charge in [0.2, 0.25) is 11.8 Å². The lowest BCUT2D eigenvalue weighted by Crippen LogP contribution is -2.35. The van der Waals surface area contributed by atoms with E-state index in [0.29, 0.717) is 19.5 Å². The predicted molar refractivity (Wildman–Crippen MR) is 53.6 cm³/mol. The third-order valence-electron chi connectivity index (χ3n) is 2.20. The van der Waals surface area contributed by atoms with Crippen molar-refractivity contribution in [3.63, 3.8) is 0 Å². The Labute approximate surface area is 84.0 Å². The lowest BCUT2D eigenvalue weighted by Gasteiger charge is -2.18. The number of hydrogen-bond donors (Lipinski definition) is 1. The highest BCUT2D eigenvalue weighted by Gasteiger charge is 2.18. The third-order valence-corrected chi connectivity index (χ3v) is 2.20. The van der Waals surface area contributed by atoms with E-state index in [1.165, 1.54) is 0 Å². The first kappa shape index (κ1) is 10.8. The van der Waals surface area contributed by atoms with Crippen LogP contribution in [0.2, 0.25) is 0 Å². The fourth-order valence-electron chi connectivity index (χ4n) is 1.37. The van der Waals surface area contributed by atoms with Gasteiger partial charge in [0.05, 0.1) is 6.54 Å². The zero-order valence-electron chi connectivity index (χ0n) is 8.45. The molecular weight excluding hydrogens is 180 g/mol. The van der Waals surface area contributed by atoms with Crippen molar-refractivity contribution >= 4 is 11.8 Å². The molecule has 78 valence electrons. The number of rotatable bonds is 3. The van der Waals surface area contributed by atoms with E-state index in [1.54, 1.807) is 4.90 Å². The molecule has 1 heterocycles. The summed E-state index contributed by atoms with van der Waals surface area (Å²) in [5.41, 5.74) is 0. The molecule has 0 aromatic heterocycles. The van der Waals surface area contributed by atoms with Gasteiger partial charge in [-0.05, 0) is 13.3 Å². The molecule has 1 saturated heterocycles. The highest BCUT2D eigenvalue weighted by molar-refractivity contribution is 5.87. The topological polar surface area (TPSA) is 49.4 Å². The van der Waals surface area contributed by atoms with E-state index in [4.69, 9.17) is 0 Å². The smallest absolute Gasteiger partial charge is 0.241 e. The second kappa shape index (κ2) is 5.42. The molecule has 0 atom stereocenters. The van der Waals surface area contributed by atoms with E-state index in [0.717, 1.165) is 6.42 Å². The molecular formula is C10H16N2O2. The maximum Gasteiger partial charge on any atom is 0.241 e. The van der Waals surface area contributed by atoms with Gasteiger partial charge in [-0.1, -0.05) is 12.2 Å². The molecule has 0 aromatic carbocycles. The minimum Gasteiger partial charge on any atom is -0.347 e. The van der Waals surface area contributed by atoms with Crippen LogP contribution < -0.4 is 5.32 Å². The predicted octanol–water partition coefficient (Wildman–Crippen LogP) is 0.301. The summed E-state index contributed by atoms with van der Waals surface area (Å²) in [5, 5.41) is 2.57. The molecule has 0 spiro atoms. The van der Waals surface area contributed by atoms with E-state index in [1.807, 2.05) is 19.1 Å². The van der Waals surface area contributed by atoms with Crippen LogP contribution in [0.4, 0.5) is 0 Å². The summed E-state index contributed by atoms with van der Waals surface area (Å²) < 4.78 is 0. The average molecular weight is 196 g/mol. The van der Waals surface area contributed by atoms with E-state index >= 15 is 0 Å². The van der Waals surface area contributed by atoms with E-state index in [9.17, 15) is 9.59 Å². The van der Waals surface area contributed by atoms with Crippen LogP contribution in [0.5, 0.6) is 0 Å². The summed E-state index contributed by atoms with van der Waals surface area (Å²) in [7, 11) is 0. The Bertz CT molecular complexity index is 249. The third kappa shape index (κ3) is 3.20. The van der Waals surface area contributed by atoms with Gasteiger partial charge in [-0.25, -0.2) is 0 Å². The molecule has 0 unspecified atom stereocenters.